The van der Waals surface area contributed by atoms with Gasteiger partial charge in [0.2, 0.25) is 5.91 Å². The van der Waals surface area contributed by atoms with E-state index in [1.807, 2.05) is 6.92 Å². The highest BCUT2D eigenvalue weighted by atomic mass is 32.2. The van der Waals surface area contributed by atoms with Gasteiger partial charge in [0.25, 0.3) is 0 Å². The first kappa shape index (κ1) is 12.3. The molecule has 74 valence electrons. The predicted octanol–water partition coefficient (Wildman–Crippen LogP) is 0.0974. The fourth-order valence-electron chi connectivity index (χ4n) is 0.606. The number of aliphatic hydroxyl groups excluding tert-OH is 1. The zero-order chi connectivity index (χ0) is 10.1. The van der Waals surface area contributed by atoms with Gasteiger partial charge in [-0.1, -0.05) is 12.8 Å². The maximum absolute atomic E-state index is 11.0. The molecular formula is C9H15NO2S. The quantitative estimate of drug-likeness (QED) is 0.599. The Kier molecular flexibility index (Phi) is 7.56. The van der Waals surface area contributed by atoms with Crippen LogP contribution in [0.5, 0.6) is 0 Å². The molecule has 0 aliphatic carbocycles. The van der Waals surface area contributed by atoms with E-state index >= 15 is 0 Å². The number of hydrogen-bond donors (Lipinski definition) is 2. The first-order valence-corrected chi connectivity index (χ1v) is 5.25. The van der Waals surface area contributed by atoms with Crippen molar-refractivity contribution in [3.05, 3.63) is 0 Å². The van der Waals surface area contributed by atoms with E-state index in [4.69, 9.17) is 11.5 Å². The van der Waals surface area contributed by atoms with Crippen LogP contribution in [0.15, 0.2) is 0 Å². The molecule has 13 heavy (non-hydrogen) atoms. The molecule has 0 saturated heterocycles. The van der Waals surface area contributed by atoms with Crippen molar-refractivity contribution in [3.63, 3.8) is 0 Å². The summed E-state index contributed by atoms with van der Waals surface area (Å²) in [6.45, 7) is 2.39. The molecule has 3 nitrogen and oxygen atoms in total. The molecule has 1 amide bonds. The van der Waals surface area contributed by atoms with Gasteiger partial charge in [0, 0.05) is 6.61 Å². The van der Waals surface area contributed by atoms with Crippen molar-refractivity contribution in [2.24, 2.45) is 5.92 Å². The van der Waals surface area contributed by atoms with E-state index in [2.05, 4.69) is 11.2 Å². The van der Waals surface area contributed by atoms with Crippen LogP contribution in [-0.2, 0) is 4.79 Å². The molecule has 0 aromatic rings. The van der Waals surface area contributed by atoms with Crippen molar-refractivity contribution in [1.82, 2.24) is 5.32 Å². The van der Waals surface area contributed by atoms with E-state index in [0.29, 0.717) is 5.75 Å². The summed E-state index contributed by atoms with van der Waals surface area (Å²) in [7, 11) is 0. The van der Waals surface area contributed by atoms with Crippen molar-refractivity contribution in [2.75, 3.05) is 24.7 Å². The van der Waals surface area contributed by atoms with Crippen molar-refractivity contribution >= 4 is 17.7 Å². The highest BCUT2D eigenvalue weighted by Crippen LogP contribution is 2.06. The second kappa shape index (κ2) is 7.96. The lowest BCUT2D eigenvalue weighted by Gasteiger charge is -2.06. The molecule has 0 aliphatic rings. The standard InChI is InChI=1S/C9H15NO2S/c1-3-4-10-9(12)7-13-6-8(2)5-11/h1,8,11H,4-7H2,2H3,(H,10,12). The van der Waals surface area contributed by atoms with Crippen molar-refractivity contribution in [1.29, 1.82) is 0 Å². The minimum Gasteiger partial charge on any atom is -0.396 e. The molecule has 2 N–H and O–H groups in total. The minimum atomic E-state index is -0.0481. The van der Waals surface area contributed by atoms with Crippen LogP contribution in [0.1, 0.15) is 6.92 Å². The Morgan fingerprint density at radius 1 is 1.77 bits per heavy atom. The minimum absolute atomic E-state index is 0.0481. The molecule has 0 fully saturated rings. The number of rotatable bonds is 6. The Morgan fingerprint density at radius 3 is 3.00 bits per heavy atom. The zero-order valence-corrected chi connectivity index (χ0v) is 8.56. The molecule has 0 radical (unpaired) electrons. The van der Waals surface area contributed by atoms with Gasteiger partial charge in [0.05, 0.1) is 12.3 Å². The number of terminal acetylenes is 1. The Hall–Kier alpha value is -0.660. The molecule has 1 atom stereocenters. The third-order valence-corrected chi connectivity index (χ3v) is 2.61. The normalized spacial score (nSPS) is 11.8. The molecule has 0 heterocycles. The molecule has 0 saturated carbocycles. The number of carbonyl (C=O) groups is 1. The molecule has 1 unspecified atom stereocenters. The Morgan fingerprint density at radius 2 is 2.46 bits per heavy atom. The number of thioether (sulfide) groups is 1. The molecule has 4 heteroatoms. The summed E-state index contributed by atoms with van der Waals surface area (Å²) in [5.41, 5.74) is 0. The Bertz CT molecular complexity index is 189. The van der Waals surface area contributed by atoms with E-state index < -0.39 is 0 Å². The second-order valence-electron chi connectivity index (χ2n) is 2.78. The van der Waals surface area contributed by atoms with Gasteiger partial charge in [-0.05, 0) is 11.7 Å². The molecule has 0 aromatic carbocycles. The SMILES string of the molecule is C#CCNC(=O)CSCC(C)CO. The van der Waals surface area contributed by atoms with Gasteiger partial charge in [-0.15, -0.1) is 6.42 Å². The lowest BCUT2D eigenvalue weighted by atomic mass is 10.2. The van der Waals surface area contributed by atoms with Gasteiger partial charge < -0.3 is 10.4 Å². The fourth-order valence-corrected chi connectivity index (χ4v) is 1.52. The molecule has 0 bridgehead atoms. The van der Waals surface area contributed by atoms with E-state index in [1.54, 1.807) is 0 Å². The van der Waals surface area contributed by atoms with Gasteiger partial charge in [-0.3, -0.25) is 4.79 Å². The van der Waals surface area contributed by atoms with Crippen LogP contribution in [0.25, 0.3) is 0 Å². The van der Waals surface area contributed by atoms with Gasteiger partial charge in [-0.25, -0.2) is 0 Å². The molecular weight excluding hydrogens is 186 g/mol. The summed E-state index contributed by atoms with van der Waals surface area (Å²) >= 11 is 1.50. The second-order valence-corrected chi connectivity index (χ2v) is 3.81. The predicted molar refractivity (Wildman–Crippen MR) is 55.4 cm³/mol. The molecule has 0 aliphatic heterocycles. The lowest BCUT2D eigenvalue weighted by Crippen LogP contribution is -2.25. The van der Waals surface area contributed by atoms with Crippen molar-refractivity contribution in [3.8, 4) is 12.3 Å². The largest absolute Gasteiger partial charge is 0.396 e. The van der Waals surface area contributed by atoms with Crippen LogP contribution in [0.3, 0.4) is 0 Å². The smallest absolute Gasteiger partial charge is 0.230 e. The number of aliphatic hydroxyl groups is 1. The number of hydrogen-bond acceptors (Lipinski definition) is 3. The third kappa shape index (κ3) is 7.69. The summed E-state index contributed by atoms with van der Waals surface area (Å²) < 4.78 is 0. The van der Waals surface area contributed by atoms with Crippen LogP contribution in [0.4, 0.5) is 0 Å². The molecule has 0 aromatic heterocycles. The van der Waals surface area contributed by atoms with Gasteiger partial charge >= 0.3 is 0 Å². The third-order valence-electron chi connectivity index (χ3n) is 1.33. The van der Waals surface area contributed by atoms with E-state index in [0.717, 1.165) is 5.75 Å². The highest BCUT2D eigenvalue weighted by molar-refractivity contribution is 7.99. The highest BCUT2D eigenvalue weighted by Gasteiger charge is 2.03. The summed E-state index contributed by atoms with van der Waals surface area (Å²) in [5, 5.41) is 11.3. The van der Waals surface area contributed by atoms with Crippen molar-refractivity contribution in [2.45, 2.75) is 6.92 Å². The average Bonchev–Trinajstić information content (AvgIpc) is 2.14. The summed E-state index contributed by atoms with van der Waals surface area (Å²) in [6.07, 6.45) is 4.97. The van der Waals surface area contributed by atoms with E-state index in [1.165, 1.54) is 11.8 Å². The Balaban J connectivity index is 3.32. The summed E-state index contributed by atoms with van der Waals surface area (Å²) in [6, 6.07) is 0. The number of amides is 1. The van der Waals surface area contributed by atoms with Gasteiger partial charge in [0.15, 0.2) is 0 Å². The zero-order valence-electron chi connectivity index (χ0n) is 7.75. The lowest BCUT2D eigenvalue weighted by molar-refractivity contribution is -0.118. The van der Waals surface area contributed by atoms with Crippen LogP contribution >= 0.6 is 11.8 Å². The average molecular weight is 201 g/mol. The van der Waals surface area contributed by atoms with Crippen LogP contribution < -0.4 is 5.32 Å². The van der Waals surface area contributed by atoms with Gasteiger partial charge in [0.1, 0.15) is 0 Å². The van der Waals surface area contributed by atoms with Crippen LogP contribution in [0.2, 0.25) is 0 Å². The molecule has 0 spiro atoms. The van der Waals surface area contributed by atoms with Gasteiger partial charge in [-0.2, -0.15) is 11.8 Å². The topological polar surface area (TPSA) is 49.3 Å². The number of carbonyl (C=O) groups excluding carboxylic acids is 1. The maximum atomic E-state index is 11.0. The summed E-state index contributed by atoms with van der Waals surface area (Å²) in [4.78, 5) is 11.0. The van der Waals surface area contributed by atoms with E-state index in [-0.39, 0.29) is 25.0 Å². The summed E-state index contributed by atoms with van der Waals surface area (Å²) in [5.74, 6) is 3.72. The van der Waals surface area contributed by atoms with E-state index in [9.17, 15) is 4.79 Å². The first-order valence-electron chi connectivity index (χ1n) is 4.09. The monoisotopic (exact) mass is 201 g/mol. The molecule has 0 rings (SSSR count). The van der Waals surface area contributed by atoms with Crippen LogP contribution in [-0.4, -0.2) is 35.7 Å². The maximum Gasteiger partial charge on any atom is 0.230 e. The Labute approximate surface area is 83.3 Å². The number of nitrogens with one attached hydrogen (secondary N) is 1. The van der Waals surface area contributed by atoms with Crippen LogP contribution in [0, 0.1) is 18.3 Å². The fraction of sp³-hybridized carbons (Fsp3) is 0.667. The first-order chi connectivity index (χ1) is 6.20. The van der Waals surface area contributed by atoms with Crippen molar-refractivity contribution < 1.29 is 9.90 Å².